The highest BCUT2D eigenvalue weighted by Gasteiger charge is 2.15. The summed E-state index contributed by atoms with van der Waals surface area (Å²) in [5.74, 6) is 0. The van der Waals surface area contributed by atoms with Gasteiger partial charge in [-0.3, -0.25) is 0 Å². The number of halogens is 2. The van der Waals surface area contributed by atoms with Crippen molar-refractivity contribution >= 4 is 49.9 Å². The molecule has 1 unspecified atom stereocenters. The molecule has 2 aromatic rings. The van der Waals surface area contributed by atoms with Gasteiger partial charge in [-0.2, -0.15) is 0 Å². The normalized spacial score (nSPS) is 12.6. The van der Waals surface area contributed by atoms with Crippen molar-refractivity contribution < 1.29 is 0 Å². The average Bonchev–Trinajstić information content (AvgIpc) is 2.90. The monoisotopic (exact) mass is 449 g/mol. The Labute approximate surface area is 141 Å². The van der Waals surface area contributed by atoms with Gasteiger partial charge in [0.2, 0.25) is 0 Å². The smallest absolute Gasteiger partial charge is 0.0380 e. The topological polar surface area (TPSA) is 12.0 Å². The molecule has 0 aliphatic carbocycles. The van der Waals surface area contributed by atoms with Crippen LogP contribution in [0.1, 0.15) is 29.8 Å². The van der Waals surface area contributed by atoms with Gasteiger partial charge in [0, 0.05) is 25.4 Å². The van der Waals surface area contributed by atoms with Crippen molar-refractivity contribution in [1.29, 1.82) is 0 Å². The molecule has 0 amide bonds. The Balaban J connectivity index is 2.23. The maximum absolute atomic E-state index is 3.69. The molecule has 102 valence electrons. The Bertz CT molecular complexity index is 513. The fraction of sp³-hybridized carbons (Fsp3) is 0.333. The Hall–Kier alpha value is 0.0900. The number of rotatable bonds is 6. The molecule has 1 aromatic carbocycles. The van der Waals surface area contributed by atoms with Gasteiger partial charge in [-0.1, -0.05) is 28.9 Å². The van der Waals surface area contributed by atoms with Crippen molar-refractivity contribution in [2.75, 3.05) is 6.54 Å². The first-order valence-corrected chi connectivity index (χ1v) is 9.16. The third kappa shape index (κ3) is 4.55. The van der Waals surface area contributed by atoms with Gasteiger partial charge in [-0.25, -0.2) is 0 Å². The molecule has 0 aliphatic heterocycles. The summed E-state index contributed by atoms with van der Waals surface area (Å²) in [5, 5.41) is 5.81. The molecule has 0 spiro atoms. The van der Waals surface area contributed by atoms with Gasteiger partial charge >= 0.3 is 0 Å². The Kier molecular flexibility index (Phi) is 6.32. The van der Waals surface area contributed by atoms with E-state index in [0.29, 0.717) is 6.04 Å². The van der Waals surface area contributed by atoms with Crippen LogP contribution in [0.15, 0.2) is 40.2 Å². The number of nitrogens with one attached hydrogen (secondary N) is 1. The number of thiophene rings is 1. The summed E-state index contributed by atoms with van der Waals surface area (Å²) in [6, 6.07) is 11.3. The summed E-state index contributed by atoms with van der Waals surface area (Å²) in [6.07, 6.45) is 2.21. The molecule has 1 atom stereocenters. The predicted octanol–water partition coefficient (Wildman–Crippen LogP) is 5.40. The molecule has 19 heavy (non-hydrogen) atoms. The second-order valence-corrected chi connectivity index (χ2v) is 7.59. The second kappa shape index (κ2) is 7.76. The van der Waals surface area contributed by atoms with Crippen molar-refractivity contribution in [2.45, 2.75) is 25.8 Å². The van der Waals surface area contributed by atoms with Crippen LogP contribution in [0.2, 0.25) is 0 Å². The summed E-state index contributed by atoms with van der Waals surface area (Å²) >= 11 is 7.90. The maximum atomic E-state index is 3.69. The van der Waals surface area contributed by atoms with Gasteiger partial charge in [-0.05, 0) is 70.8 Å². The number of hydrogen-bond acceptors (Lipinski definition) is 2. The predicted molar refractivity (Wildman–Crippen MR) is 95.9 cm³/mol. The molecule has 1 aromatic heterocycles. The fourth-order valence-corrected chi connectivity index (χ4v) is 3.81. The van der Waals surface area contributed by atoms with Crippen LogP contribution in [0.4, 0.5) is 0 Å². The van der Waals surface area contributed by atoms with Crippen molar-refractivity contribution in [3.05, 3.63) is 54.2 Å². The minimum absolute atomic E-state index is 0.377. The van der Waals surface area contributed by atoms with Crippen LogP contribution in [-0.4, -0.2) is 6.54 Å². The number of hydrogen-bond donors (Lipinski definition) is 1. The molecule has 0 aliphatic rings. The van der Waals surface area contributed by atoms with E-state index in [9.17, 15) is 0 Å². The highest BCUT2D eigenvalue weighted by molar-refractivity contribution is 14.1. The van der Waals surface area contributed by atoms with Crippen LogP contribution in [0.5, 0.6) is 0 Å². The van der Waals surface area contributed by atoms with Gasteiger partial charge in [0.25, 0.3) is 0 Å². The lowest BCUT2D eigenvalue weighted by Crippen LogP contribution is -2.24. The van der Waals surface area contributed by atoms with Crippen LogP contribution in [-0.2, 0) is 6.42 Å². The summed E-state index contributed by atoms with van der Waals surface area (Å²) in [4.78, 5) is 1.43. The zero-order valence-corrected chi connectivity index (χ0v) is 15.4. The molecular formula is C15H17BrINS. The molecule has 4 heteroatoms. The highest BCUT2D eigenvalue weighted by Crippen LogP contribution is 2.29. The maximum Gasteiger partial charge on any atom is 0.0380 e. The van der Waals surface area contributed by atoms with Gasteiger partial charge in [0.1, 0.15) is 0 Å². The van der Waals surface area contributed by atoms with E-state index >= 15 is 0 Å². The quantitative estimate of drug-likeness (QED) is 0.582. The van der Waals surface area contributed by atoms with E-state index in [1.54, 1.807) is 0 Å². The summed E-state index contributed by atoms with van der Waals surface area (Å²) in [7, 11) is 0. The van der Waals surface area contributed by atoms with E-state index in [0.717, 1.165) is 19.4 Å². The van der Waals surface area contributed by atoms with E-state index < -0.39 is 0 Å². The molecule has 0 fully saturated rings. The third-order valence-electron chi connectivity index (χ3n) is 2.96. The first kappa shape index (κ1) is 15.5. The van der Waals surface area contributed by atoms with Crippen molar-refractivity contribution in [1.82, 2.24) is 5.32 Å². The summed E-state index contributed by atoms with van der Waals surface area (Å²) in [5.41, 5.74) is 1.36. The molecule has 0 saturated carbocycles. The SMILES string of the molecule is CCCNC(Cc1cccs1)c1cc(I)ccc1Br. The van der Waals surface area contributed by atoms with Crippen molar-refractivity contribution in [3.63, 3.8) is 0 Å². The van der Waals surface area contributed by atoms with E-state index in [2.05, 4.69) is 86.5 Å². The minimum atomic E-state index is 0.377. The van der Waals surface area contributed by atoms with Gasteiger partial charge in [-0.15, -0.1) is 11.3 Å². The largest absolute Gasteiger partial charge is 0.310 e. The van der Waals surface area contributed by atoms with Crippen molar-refractivity contribution in [3.8, 4) is 0 Å². The van der Waals surface area contributed by atoms with E-state index in [-0.39, 0.29) is 0 Å². The zero-order chi connectivity index (χ0) is 13.7. The summed E-state index contributed by atoms with van der Waals surface area (Å²) < 4.78 is 2.48. The van der Waals surface area contributed by atoms with E-state index in [1.165, 1.54) is 18.5 Å². The van der Waals surface area contributed by atoms with Gasteiger partial charge in [0.05, 0.1) is 0 Å². The van der Waals surface area contributed by atoms with Crippen LogP contribution in [0, 0.1) is 3.57 Å². The number of benzene rings is 1. The van der Waals surface area contributed by atoms with Crippen molar-refractivity contribution in [2.24, 2.45) is 0 Å². The molecule has 1 N–H and O–H groups in total. The van der Waals surface area contributed by atoms with E-state index in [4.69, 9.17) is 0 Å². The van der Waals surface area contributed by atoms with Crippen LogP contribution in [0.3, 0.4) is 0 Å². The Morgan fingerprint density at radius 1 is 1.37 bits per heavy atom. The Morgan fingerprint density at radius 2 is 2.21 bits per heavy atom. The lowest BCUT2D eigenvalue weighted by molar-refractivity contribution is 0.530. The van der Waals surface area contributed by atoms with Crippen LogP contribution < -0.4 is 5.32 Å². The van der Waals surface area contributed by atoms with Gasteiger partial charge < -0.3 is 5.32 Å². The summed E-state index contributed by atoms with van der Waals surface area (Å²) in [6.45, 7) is 3.26. The van der Waals surface area contributed by atoms with E-state index in [1.807, 2.05) is 11.3 Å². The third-order valence-corrected chi connectivity index (χ3v) is 5.25. The van der Waals surface area contributed by atoms with Crippen LogP contribution in [0.25, 0.3) is 0 Å². The first-order valence-electron chi connectivity index (χ1n) is 6.41. The molecule has 0 saturated heterocycles. The van der Waals surface area contributed by atoms with Gasteiger partial charge in [0.15, 0.2) is 0 Å². The zero-order valence-electron chi connectivity index (χ0n) is 10.8. The molecule has 2 rings (SSSR count). The molecule has 1 heterocycles. The minimum Gasteiger partial charge on any atom is -0.310 e. The first-order chi connectivity index (χ1) is 9.20. The highest BCUT2D eigenvalue weighted by atomic mass is 127. The standard InChI is InChI=1S/C15H17BrINS/c1-2-7-18-15(10-12-4-3-8-19-12)13-9-11(17)5-6-14(13)16/h3-6,8-9,15,18H,2,7,10H2,1H3. The molecule has 1 nitrogen and oxygen atoms in total. The molecule has 0 bridgehead atoms. The lowest BCUT2D eigenvalue weighted by Gasteiger charge is -2.20. The lowest BCUT2D eigenvalue weighted by atomic mass is 10.0. The molecular weight excluding hydrogens is 433 g/mol. The Morgan fingerprint density at radius 3 is 2.89 bits per heavy atom. The average molecular weight is 450 g/mol. The molecule has 0 radical (unpaired) electrons. The van der Waals surface area contributed by atoms with Crippen LogP contribution >= 0.6 is 49.9 Å². The fourth-order valence-electron chi connectivity index (χ4n) is 2.02. The second-order valence-electron chi connectivity index (χ2n) is 4.46.